The quantitative estimate of drug-likeness (QED) is 0.843. The minimum atomic E-state index is 0.0354. The molecule has 5 fully saturated rings. The van der Waals surface area contributed by atoms with E-state index in [0.717, 1.165) is 57.0 Å². The van der Waals surface area contributed by atoms with Crippen molar-refractivity contribution >= 4 is 5.91 Å². The number of piperazine rings is 1. The number of amides is 1. The van der Waals surface area contributed by atoms with Crippen LogP contribution in [0.2, 0.25) is 0 Å². The summed E-state index contributed by atoms with van der Waals surface area (Å²) in [6.07, 6.45) is 13.6. The summed E-state index contributed by atoms with van der Waals surface area (Å²) in [5, 5.41) is 0. The maximum absolute atomic E-state index is 13.4. The SMILES string of the molecule is O=C(N1CCN(CCn2ccnc2)CC1)C12CC3CC(CC(C3)C1)C2. The van der Waals surface area contributed by atoms with Crippen LogP contribution in [0.15, 0.2) is 18.7 Å². The predicted molar refractivity (Wildman–Crippen MR) is 95.9 cm³/mol. The van der Waals surface area contributed by atoms with Crippen LogP contribution >= 0.6 is 0 Å². The molecule has 0 radical (unpaired) electrons. The second kappa shape index (κ2) is 6.11. The van der Waals surface area contributed by atoms with E-state index in [1.807, 2.05) is 18.7 Å². The van der Waals surface area contributed by atoms with Crippen molar-refractivity contribution in [1.29, 1.82) is 0 Å². The maximum Gasteiger partial charge on any atom is 0.228 e. The van der Waals surface area contributed by atoms with Crippen molar-refractivity contribution in [2.45, 2.75) is 45.1 Å². The number of nitrogens with zero attached hydrogens (tertiary/aromatic N) is 4. The predicted octanol–water partition coefficient (Wildman–Crippen LogP) is 2.24. The molecule has 5 heteroatoms. The first kappa shape index (κ1) is 15.9. The van der Waals surface area contributed by atoms with E-state index in [1.54, 1.807) is 0 Å². The lowest BCUT2D eigenvalue weighted by Gasteiger charge is -2.57. The van der Waals surface area contributed by atoms with Gasteiger partial charge >= 0.3 is 0 Å². The van der Waals surface area contributed by atoms with Gasteiger partial charge in [0.2, 0.25) is 5.91 Å². The van der Waals surface area contributed by atoms with Gasteiger partial charge in [0, 0.05) is 51.7 Å². The zero-order valence-electron chi connectivity index (χ0n) is 15.1. The summed E-state index contributed by atoms with van der Waals surface area (Å²) in [7, 11) is 0. The fraction of sp³-hybridized carbons (Fsp3) is 0.800. The summed E-state index contributed by atoms with van der Waals surface area (Å²) >= 11 is 0. The Balaban J connectivity index is 1.17. The highest BCUT2D eigenvalue weighted by atomic mass is 16.2. The first-order valence-corrected chi connectivity index (χ1v) is 10.2. The van der Waals surface area contributed by atoms with Gasteiger partial charge in [0.15, 0.2) is 0 Å². The summed E-state index contributed by atoms with van der Waals surface area (Å²) < 4.78 is 2.13. The molecule has 5 aliphatic rings. The van der Waals surface area contributed by atoms with E-state index in [0.29, 0.717) is 5.91 Å². The average Bonchev–Trinajstić information content (AvgIpc) is 3.12. The van der Waals surface area contributed by atoms with Gasteiger partial charge in [0.1, 0.15) is 0 Å². The minimum absolute atomic E-state index is 0.0354. The molecule has 0 N–H and O–H groups in total. The Morgan fingerprint density at radius 2 is 1.60 bits per heavy atom. The second-order valence-electron chi connectivity index (χ2n) is 9.13. The lowest BCUT2D eigenvalue weighted by molar-refractivity contribution is -0.159. The van der Waals surface area contributed by atoms with Crippen molar-refractivity contribution in [3.8, 4) is 0 Å². The Bertz CT molecular complexity index is 582. The lowest BCUT2D eigenvalue weighted by Crippen LogP contribution is -2.58. The van der Waals surface area contributed by atoms with Gasteiger partial charge in [-0.25, -0.2) is 4.98 Å². The van der Waals surface area contributed by atoms with Gasteiger partial charge in [0.25, 0.3) is 0 Å². The molecular formula is C20H30N4O. The molecule has 1 saturated heterocycles. The number of hydrogen-bond donors (Lipinski definition) is 0. The number of rotatable bonds is 4. The smallest absolute Gasteiger partial charge is 0.228 e. The standard InChI is InChI=1S/C20H30N4O/c25-19(20-12-16-9-17(13-20)11-18(10-16)14-20)24-7-5-22(6-8-24)3-4-23-2-1-21-15-23/h1-2,15-18H,3-14H2. The number of carbonyl (C=O) groups is 1. The van der Waals surface area contributed by atoms with E-state index in [9.17, 15) is 4.79 Å². The molecule has 5 nitrogen and oxygen atoms in total. The average molecular weight is 342 g/mol. The molecule has 1 aromatic heterocycles. The number of carbonyl (C=O) groups excluding carboxylic acids is 1. The normalized spacial score (nSPS) is 37.6. The van der Waals surface area contributed by atoms with E-state index in [4.69, 9.17) is 0 Å². The van der Waals surface area contributed by atoms with Gasteiger partial charge in [0.05, 0.1) is 11.7 Å². The second-order valence-corrected chi connectivity index (χ2v) is 9.13. The molecule has 6 rings (SSSR count). The molecule has 1 aromatic rings. The van der Waals surface area contributed by atoms with Crippen molar-refractivity contribution in [2.24, 2.45) is 23.2 Å². The Morgan fingerprint density at radius 1 is 0.960 bits per heavy atom. The van der Waals surface area contributed by atoms with Gasteiger partial charge in [-0.3, -0.25) is 9.69 Å². The van der Waals surface area contributed by atoms with Crippen LogP contribution in [-0.2, 0) is 11.3 Å². The van der Waals surface area contributed by atoms with Crippen LogP contribution in [0.4, 0.5) is 0 Å². The lowest BCUT2D eigenvalue weighted by atomic mass is 9.49. The van der Waals surface area contributed by atoms with E-state index in [1.165, 1.54) is 38.5 Å². The van der Waals surface area contributed by atoms with E-state index < -0.39 is 0 Å². The highest BCUT2D eigenvalue weighted by Crippen LogP contribution is 2.60. The van der Waals surface area contributed by atoms with Crippen molar-refractivity contribution in [3.05, 3.63) is 18.7 Å². The van der Waals surface area contributed by atoms with Crippen LogP contribution in [0.3, 0.4) is 0 Å². The van der Waals surface area contributed by atoms with Gasteiger partial charge in [-0.2, -0.15) is 0 Å². The van der Waals surface area contributed by atoms with E-state index >= 15 is 0 Å². The van der Waals surface area contributed by atoms with Crippen LogP contribution in [0.25, 0.3) is 0 Å². The number of hydrogen-bond acceptors (Lipinski definition) is 3. The molecule has 1 aliphatic heterocycles. The van der Waals surface area contributed by atoms with Crippen LogP contribution < -0.4 is 0 Å². The number of imidazole rings is 1. The molecule has 2 heterocycles. The molecule has 25 heavy (non-hydrogen) atoms. The van der Waals surface area contributed by atoms with Gasteiger partial charge in [-0.05, 0) is 56.3 Å². The molecule has 4 saturated carbocycles. The fourth-order valence-corrected chi connectivity index (χ4v) is 6.56. The topological polar surface area (TPSA) is 41.4 Å². The van der Waals surface area contributed by atoms with Gasteiger partial charge in [-0.1, -0.05) is 0 Å². The van der Waals surface area contributed by atoms with Crippen molar-refractivity contribution in [3.63, 3.8) is 0 Å². The molecule has 136 valence electrons. The van der Waals surface area contributed by atoms with Crippen molar-refractivity contribution < 1.29 is 4.79 Å². The first-order valence-electron chi connectivity index (χ1n) is 10.2. The molecule has 0 spiro atoms. The van der Waals surface area contributed by atoms with Gasteiger partial charge in [-0.15, -0.1) is 0 Å². The molecular weight excluding hydrogens is 312 g/mol. The monoisotopic (exact) mass is 342 g/mol. The fourth-order valence-electron chi connectivity index (χ4n) is 6.56. The first-order chi connectivity index (χ1) is 12.2. The molecule has 1 amide bonds. The maximum atomic E-state index is 13.4. The summed E-state index contributed by atoms with van der Waals surface area (Å²) in [5.74, 6) is 3.07. The highest BCUT2D eigenvalue weighted by Gasteiger charge is 2.55. The van der Waals surface area contributed by atoms with Gasteiger partial charge < -0.3 is 9.47 Å². The summed E-state index contributed by atoms with van der Waals surface area (Å²) in [6.45, 7) is 5.92. The van der Waals surface area contributed by atoms with Crippen LogP contribution in [0.1, 0.15) is 38.5 Å². The highest BCUT2D eigenvalue weighted by molar-refractivity contribution is 5.83. The minimum Gasteiger partial charge on any atom is -0.340 e. The van der Waals surface area contributed by atoms with Crippen LogP contribution in [-0.4, -0.2) is 58.0 Å². The molecule has 4 aliphatic carbocycles. The molecule has 0 atom stereocenters. The third-order valence-electron chi connectivity index (χ3n) is 7.39. The zero-order chi connectivity index (χ0) is 16.9. The molecule has 4 bridgehead atoms. The van der Waals surface area contributed by atoms with Crippen LogP contribution in [0.5, 0.6) is 0 Å². The molecule has 0 unspecified atom stereocenters. The summed E-state index contributed by atoms with van der Waals surface area (Å²) in [4.78, 5) is 22.2. The largest absolute Gasteiger partial charge is 0.340 e. The third kappa shape index (κ3) is 2.90. The summed E-state index contributed by atoms with van der Waals surface area (Å²) in [6, 6.07) is 0. The Labute approximate surface area is 150 Å². The van der Waals surface area contributed by atoms with E-state index in [2.05, 4.69) is 19.4 Å². The zero-order valence-corrected chi connectivity index (χ0v) is 15.1. The van der Waals surface area contributed by atoms with Crippen LogP contribution in [0, 0.1) is 23.2 Å². The summed E-state index contributed by atoms with van der Waals surface area (Å²) in [5.41, 5.74) is 0.0354. The van der Waals surface area contributed by atoms with Crippen molar-refractivity contribution in [1.82, 2.24) is 19.4 Å². The van der Waals surface area contributed by atoms with E-state index in [-0.39, 0.29) is 5.41 Å². The Morgan fingerprint density at radius 3 is 2.16 bits per heavy atom. The number of aromatic nitrogens is 2. The van der Waals surface area contributed by atoms with Crippen molar-refractivity contribution in [2.75, 3.05) is 32.7 Å². The Kier molecular flexibility index (Phi) is 3.88. The Hall–Kier alpha value is -1.36. The third-order valence-corrected chi connectivity index (χ3v) is 7.39. The molecule has 0 aromatic carbocycles.